The first-order valence-electron chi connectivity index (χ1n) is 6.70. The average molecular weight is 243 g/mol. The van der Waals surface area contributed by atoms with E-state index in [1.54, 1.807) is 6.20 Å². The highest BCUT2D eigenvalue weighted by molar-refractivity contribution is 5.51. The molecule has 0 bridgehead atoms. The molecule has 0 saturated carbocycles. The van der Waals surface area contributed by atoms with E-state index in [-0.39, 0.29) is 0 Å². The van der Waals surface area contributed by atoms with Crippen molar-refractivity contribution in [3.05, 3.63) is 42.7 Å². The summed E-state index contributed by atoms with van der Waals surface area (Å²) in [7, 11) is 0. The molecule has 0 fully saturated rings. The molecule has 3 heteroatoms. The largest absolute Gasteiger partial charge is 0.382 e. The van der Waals surface area contributed by atoms with Crippen molar-refractivity contribution in [1.82, 2.24) is 9.78 Å². The molecule has 0 aliphatic carbocycles. The Morgan fingerprint density at radius 2 is 2.17 bits per heavy atom. The Morgan fingerprint density at radius 1 is 1.28 bits per heavy atom. The zero-order chi connectivity index (χ0) is 12.8. The molecule has 1 unspecified atom stereocenters. The average Bonchev–Trinajstić information content (AvgIpc) is 2.92. The van der Waals surface area contributed by atoms with Crippen molar-refractivity contribution >= 4 is 5.69 Å². The Kier molecular flexibility index (Phi) is 4.40. The molecule has 18 heavy (non-hydrogen) atoms. The lowest BCUT2D eigenvalue weighted by Crippen LogP contribution is -2.17. The lowest BCUT2D eigenvalue weighted by molar-refractivity contribution is 0.623. The molecule has 1 aromatic heterocycles. The highest BCUT2D eigenvalue weighted by atomic mass is 15.3. The van der Waals surface area contributed by atoms with Gasteiger partial charge in [0, 0.05) is 24.1 Å². The van der Waals surface area contributed by atoms with Crippen LogP contribution in [0.25, 0.3) is 5.69 Å². The first-order chi connectivity index (χ1) is 8.83. The number of hydrogen-bond donors (Lipinski definition) is 1. The molecule has 1 N–H and O–H groups in total. The summed E-state index contributed by atoms with van der Waals surface area (Å²) < 4.78 is 1.88. The number of nitrogens with zero attached hydrogens (tertiary/aromatic N) is 2. The van der Waals surface area contributed by atoms with Crippen LogP contribution in [0.3, 0.4) is 0 Å². The molecule has 1 aromatic carbocycles. The second kappa shape index (κ2) is 6.24. The molecule has 3 nitrogen and oxygen atoms in total. The summed E-state index contributed by atoms with van der Waals surface area (Å²) in [5.41, 5.74) is 2.26. The van der Waals surface area contributed by atoms with Crippen molar-refractivity contribution in [2.24, 2.45) is 0 Å². The molecule has 2 rings (SSSR count). The predicted molar refractivity (Wildman–Crippen MR) is 76.2 cm³/mol. The van der Waals surface area contributed by atoms with Gasteiger partial charge in [-0.2, -0.15) is 5.10 Å². The molecule has 0 amide bonds. The van der Waals surface area contributed by atoms with Crippen molar-refractivity contribution in [3.63, 3.8) is 0 Å². The van der Waals surface area contributed by atoms with Gasteiger partial charge in [-0.05, 0) is 37.1 Å². The van der Waals surface area contributed by atoms with Gasteiger partial charge in [0.25, 0.3) is 0 Å². The van der Waals surface area contributed by atoms with Gasteiger partial charge in [0.15, 0.2) is 0 Å². The van der Waals surface area contributed by atoms with Gasteiger partial charge in [0.1, 0.15) is 0 Å². The summed E-state index contributed by atoms with van der Waals surface area (Å²) in [6.07, 6.45) is 7.33. The minimum atomic E-state index is 0.558. The lowest BCUT2D eigenvalue weighted by atomic mass is 10.1. The van der Waals surface area contributed by atoms with E-state index in [4.69, 9.17) is 0 Å². The predicted octanol–water partition coefficient (Wildman–Crippen LogP) is 3.86. The van der Waals surface area contributed by atoms with Crippen LogP contribution in [0.5, 0.6) is 0 Å². The first kappa shape index (κ1) is 12.7. The van der Waals surface area contributed by atoms with Crippen LogP contribution in [0.15, 0.2) is 42.7 Å². The van der Waals surface area contributed by atoms with Crippen LogP contribution in [0.4, 0.5) is 5.69 Å². The van der Waals surface area contributed by atoms with Crippen molar-refractivity contribution in [2.45, 2.75) is 39.2 Å². The third-order valence-corrected chi connectivity index (χ3v) is 3.12. The molecule has 1 heterocycles. The fourth-order valence-corrected chi connectivity index (χ4v) is 2.12. The van der Waals surface area contributed by atoms with Crippen LogP contribution in [0, 0.1) is 0 Å². The minimum Gasteiger partial charge on any atom is -0.382 e. The van der Waals surface area contributed by atoms with Gasteiger partial charge in [-0.1, -0.05) is 26.3 Å². The standard InChI is InChI=1S/C15H21N3/c1-3-7-13(4-2)17-14-8-5-9-15(12-14)18-11-6-10-16-18/h5-6,8-13,17H,3-4,7H2,1-2H3. The van der Waals surface area contributed by atoms with E-state index in [9.17, 15) is 0 Å². The summed E-state index contributed by atoms with van der Waals surface area (Å²) in [6, 6.07) is 10.9. The first-order valence-corrected chi connectivity index (χ1v) is 6.70. The molecule has 0 spiro atoms. The van der Waals surface area contributed by atoms with Gasteiger partial charge in [-0.15, -0.1) is 0 Å². The van der Waals surface area contributed by atoms with Gasteiger partial charge in [0.05, 0.1) is 5.69 Å². The Bertz CT molecular complexity index is 462. The Morgan fingerprint density at radius 3 is 2.83 bits per heavy atom. The van der Waals surface area contributed by atoms with Gasteiger partial charge in [0.2, 0.25) is 0 Å². The number of aromatic nitrogens is 2. The number of hydrogen-bond acceptors (Lipinski definition) is 2. The molecule has 96 valence electrons. The summed E-state index contributed by atoms with van der Waals surface area (Å²) in [5.74, 6) is 0. The summed E-state index contributed by atoms with van der Waals surface area (Å²) >= 11 is 0. The number of anilines is 1. The van der Waals surface area contributed by atoms with Gasteiger partial charge < -0.3 is 5.32 Å². The molecule has 0 aliphatic rings. The van der Waals surface area contributed by atoms with Crippen LogP contribution >= 0.6 is 0 Å². The Labute approximate surface area is 109 Å². The van der Waals surface area contributed by atoms with E-state index < -0.39 is 0 Å². The smallest absolute Gasteiger partial charge is 0.0666 e. The molecule has 0 saturated heterocycles. The molecular weight excluding hydrogens is 222 g/mol. The minimum absolute atomic E-state index is 0.558. The zero-order valence-electron chi connectivity index (χ0n) is 11.1. The molecule has 2 aromatic rings. The fourth-order valence-electron chi connectivity index (χ4n) is 2.12. The van der Waals surface area contributed by atoms with E-state index in [0.717, 1.165) is 12.1 Å². The van der Waals surface area contributed by atoms with E-state index in [2.05, 4.69) is 48.5 Å². The normalized spacial score (nSPS) is 12.3. The second-order valence-corrected chi connectivity index (χ2v) is 4.54. The summed E-state index contributed by atoms with van der Waals surface area (Å²) in [5, 5.41) is 7.84. The number of nitrogens with one attached hydrogen (secondary N) is 1. The van der Waals surface area contributed by atoms with Crippen molar-refractivity contribution < 1.29 is 0 Å². The molecule has 0 aliphatic heterocycles. The second-order valence-electron chi connectivity index (χ2n) is 4.54. The quantitative estimate of drug-likeness (QED) is 0.834. The van der Waals surface area contributed by atoms with Gasteiger partial charge >= 0.3 is 0 Å². The number of rotatable bonds is 6. The topological polar surface area (TPSA) is 29.9 Å². The van der Waals surface area contributed by atoms with Gasteiger partial charge in [-0.25, -0.2) is 4.68 Å². The van der Waals surface area contributed by atoms with Crippen molar-refractivity contribution in [1.29, 1.82) is 0 Å². The highest BCUT2D eigenvalue weighted by Crippen LogP contribution is 2.17. The highest BCUT2D eigenvalue weighted by Gasteiger charge is 2.05. The fraction of sp³-hybridized carbons (Fsp3) is 0.400. The maximum Gasteiger partial charge on any atom is 0.0666 e. The summed E-state index contributed by atoms with van der Waals surface area (Å²) in [6.45, 7) is 4.45. The van der Waals surface area contributed by atoms with Crippen molar-refractivity contribution in [3.8, 4) is 5.69 Å². The Balaban J connectivity index is 2.12. The Hall–Kier alpha value is -1.77. The van der Waals surface area contributed by atoms with Crippen LogP contribution in [-0.2, 0) is 0 Å². The summed E-state index contributed by atoms with van der Waals surface area (Å²) in [4.78, 5) is 0. The van der Waals surface area contributed by atoms with Gasteiger partial charge in [-0.3, -0.25) is 0 Å². The monoisotopic (exact) mass is 243 g/mol. The van der Waals surface area contributed by atoms with Crippen LogP contribution in [-0.4, -0.2) is 15.8 Å². The van der Waals surface area contributed by atoms with Crippen molar-refractivity contribution in [2.75, 3.05) is 5.32 Å². The molecular formula is C15H21N3. The zero-order valence-corrected chi connectivity index (χ0v) is 11.1. The molecule has 0 radical (unpaired) electrons. The lowest BCUT2D eigenvalue weighted by Gasteiger charge is -2.18. The molecule has 1 atom stereocenters. The SMILES string of the molecule is CCCC(CC)Nc1cccc(-n2cccn2)c1. The van der Waals surface area contributed by atoms with E-state index >= 15 is 0 Å². The third kappa shape index (κ3) is 3.13. The third-order valence-electron chi connectivity index (χ3n) is 3.12. The van der Waals surface area contributed by atoms with Crippen LogP contribution in [0.2, 0.25) is 0 Å². The van der Waals surface area contributed by atoms with E-state index in [1.807, 2.05) is 16.9 Å². The maximum absolute atomic E-state index is 4.25. The van der Waals surface area contributed by atoms with Crippen LogP contribution < -0.4 is 5.32 Å². The van der Waals surface area contributed by atoms with Crippen LogP contribution in [0.1, 0.15) is 33.1 Å². The van der Waals surface area contributed by atoms with E-state index in [0.29, 0.717) is 6.04 Å². The maximum atomic E-state index is 4.25. The number of benzene rings is 1. The van der Waals surface area contributed by atoms with E-state index in [1.165, 1.54) is 18.5 Å².